The average Bonchev–Trinajstić information content (AvgIpc) is 1.23. The van der Waals surface area contributed by atoms with Gasteiger partial charge in [0.25, 0.3) is 0 Å². The van der Waals surface area contributed by atoms with E-state index in [4.69, 9.17) is 33.2 Å². The van der Waals surface area contributed by atoms with E-state index < -0.39 is 23.0 Å². The van der Waals surface area contributed by atoms with E-state index in [1.54, 1.807) is 39.8 Å². The number of hydrogen-bond donors (Lipinski definition) is 0. The van der Waals surface area contributed by atoms with Crippen molar-refractivity contribution in [2.24, 2.45) is 0 Å². The van der Waals surface area contributed by atoms with Gasteiger partial charge in [-0.25, -0.2) is 9.59 Å². The van der Waals surface area contributed by atoms with Crippen molar-refractivity contribution in [3.8, 4) is 28.7 Å². The summed E-state index contributed by atoms with van der Waals surface area (Å²) in [7, 11) is 0. The fourth-order valence-corrected chi connectivity index (χ4v) is 10.1. The molecule has 0 heterocycles. The summed E-state index contributed by atoms with van der Waals surface area (Å²) in [6, 6.07) is 51.6. The van der Waals surface area contributed by atoms with Crippen molar-refractivity contribution in [2.45, 2.75) is 300 Å². The molecular formula is C84H124O9. The van der Waals surface area contributed by atoms with E-state index in [9.17, 15) is 9.59 Å². The van der Waals surface area contributed by atoms with Crippen LogP contribution in [0.5, 0.6) is 28.7 Å². The van der Waals surface area contributed by atoms with Gasteiger partial charge in [0.1, 0.15) is 57.3 Å². The van der Waals surface area contributed by atoms with E-state index in [1.807, 2.05) is 70.2 Å². The van der Waals surface area contributed by atoms with Crippen LogP contribution in [0.15, 0.2) is 152 Å². The highest BCUT2D eigenvalue weighted by molar-refractivity contribution is 5.80. The molecule has 0 aliphatic heterocycles. The van der Waals surface area contributed by atoms with Crippen LogP contribution >= 0.6 is 0 Å². The van der Waals surface area contributed by atoms with Gasteiger partial charge in [-0.15, -0.1) is 0 Å². The van der Waals surface area contributed by atoms with Crippen molar-refractivity contribution in [1.82, 2.24) is 0 Å². The first-order valence-electron chi connectivity index (χ1n) is 35.2. The average molecular weight is 1280 g/mol. The molecule has 0 aromatic heterocycles. The molecule has 9 heteroatoms. The highest BCUT2D eigenvalue weighted by atomic mass is 16.7. The predicted octanol–water partition coefficient (Wildman–Crippen LogP) is 25.0. The molecule has 0 amide bonds. The Morgan fingerprint density at radius 2 is 0.731 bits per heavy atom. The van der Waals surface area contributed by atoms with Gasteiger partial charge in [0.15, 0.2) is 0 Å². The lowest BCUT2D eigenvalue weighted by atomic mass is 9.82. The van der Waals surface area contributed by atoms with Crippen LogP contribution in [-0.2, 0) is 14.3 Å². The van der Waals surface area contributed by atoms with Crippen molar-refractivity contribution in [3.05, 3.63) is 185 Å². The second-order valence-electron chi connectivity index (χ2n) is 28.7. The maximum Gasteiger partial charge on any atom is 0.514 e. The highest BCUT2D eigenvalue weighted by Crippen LogP contribution is 2.37. The largest absolute Gasteiger partial charge is 0.514 e. The lowest BCUT2D eigenvalue weighted by Gasteiger charge is -2.37. The van der Waals surface area contributed by atoms with Gasteiger partial charge in [0.2, 0.25) is 5.60 Å². The van der Waals surface area contributed by atoms with Crippen LogP contribution in [0.2, 0.25) is 0 Å². The third-order valence-corrected chi connectivity index (χ3v) is 17.5. The Labute approximate surface area is 565 Å². The molecule has 6 aromatic rings. The molecule has 7 atom stereocenters. The van der Waals surface area contributed by atoms with Crippen molar-refractivity contribution in [3.63, 3.8) is 0 Å². The van der Waals surface area contributed by atoms with Crippen molar-refractivity contribution < 1.29 is 42.7 Å². The topological polar surface area (TPSA) is 98.8 Å². The molecule has 0 saturated heterocycles. The van der Waals surface area contributed by atoms with E-state index in [1.165, 1.54) is 84.7 Å². The lowest BCUT2D eigenvalue weighted by molar-refractivity contribution is -0.172. The second-order valence-corrected chi connectivity index (χ2v) is 28.7. The van der Waals surface area contributed by atoms with Crippen LogP contribution in [0, 0.1) is 0 Å². The van der Waals surface area contributed by atoms with E-state index in [0.717, 1.165) is 36.5 Å². The third kappa shape index (κ3) is 30.0. The molecule has 0 N–H and O–H groups in total. The van der Waals surface area contributed by atoms with Crippen molar-refractivity contribution in [2.75, 3.05) is 0 Å². The molecule has 93 heavy (non-hydrogen) atoms. The summed E-state index contributed by atoms with van der Waals surface area (Å²) in [6.45, 7) is 47.4. The number of esters is 1. The van der Waals surface area contributed by atoms with E-state index >= 15 is 0 Å². The Bertz CT molecular complexity index is 2980. The molecule has 1 aliphatic carbocycles. The maximum absolute atomic E-state index is 12.4. The Kier molecular flexibility index (Phi) is 33.9. The van der Waals surface area contributed by atoms with Crippen LogP contribution in [0.3, 0.4) is 0 Å². The molecule has 6 aromatic carbocycles. The first-order valence-corrected chi connectivity index (χ1v) is 35.2. The Morgan fingerprint density at radius 1 is 0.387 bits per heavy atom. The summed E-state index contributed by atoms with van der Waals surface area (Å²) in [5.41, 5.74) is 5.89. The minimum atomic E-state index is -0.967. The quantitative estimate of drug-likeness (QED) is 0.0486. The number of carbonyl (C=O) groups is 2. The molecule has 0 bridgehead atoms. The maximum atomic E-state index is 12.4. The second kappa shape index (κ2) is 39.2. The zero-order chi connectivity index (χ0) is 69.6. The summed E-state index contributed by atoms with van der Waals surface area (Å²) >= 11 is 0. The van der Waals surface area contributed by atoms with Crippen molar-refractivity contribution >= 4 is 12.1 Å². The zero-order valence-electron chi connectivity index (χ0n) is 62.1. The van der Waals surface area contributed by atoms with Crippen LogP contribution in [0.1, 0.15) is 305 Å². The number of ether oxygens (including phenoxy) is 7. The number of rotatable bonds is 22. The fraction of sp³-hybridized carbons (Fsp3) is 0.548. The number of hydrogen-bond acceptors (Lipinski definition) is 9. The molecule has 0 spiro atoms. The lowest BCUT2D eigenvalue weighted by Crippen LogP contribution is -2.45. The van der Waals surface area contributed by atoms with Crippen LogP contribution in [-0.4, -0.2) is 40.1 Å². The first-order chi connectivity index (χ1) is 43.7. The summed E-state index contributed by atoms with van der Waals surface area (Å²) < 4.78 is 39.7. The summed E-state index contributed by atoms with van der Waals surface area (Å²) in [5.74, 6) is 6.75. The zero-order valence-corrected chi connectivity index (χ0v) is 62.1. The minimum Gasteiger partial charge on any atom is -0.488 e. The molecule has 1 aliphatic rings. The van der Waals surface area contributed by atoms with Crippen LogP contribution in [0.25, 0.3) is 0 Å². The number of benzene rings is 6. The van der Waals surface area contributed by atoms with Gasteiger partial charge in [0.05, 0.1) is 0 Å². The Balaban J connectivity index is 0.000000305. The van der Waals surface area contributed by atoms with E-state index in [-0.39, 0.29) is 23.3 Å². The monoisotopic (exact) mass is 1280 g/mol. The first kappa shape index (κ1) is 80.5. The van der Waals surface area contributed by atoms with E-state index in [0.29, 0.717) is 47.5 Å². The smallest absolute Gasteiger partial charge is 0.488 e. The highest BCUT2D eigenvalue weighted by Gasteiger charge is 2.38. The normalized spacial score (nSPS) is 15.3. The molecular weight excluding hydrogens is 1150 g/mol. The minimum absolute atomic E-state index is 0.0793. The summed E-state index contributed by atoms with van der Waals surface area (Å²) in [5, 5.41) is 0. The molecule has 1 fully saturated rings. The molecule has 1 saturated carbocycles. The van der Waals surface area contributed by atoms with Crippen LogP contribution in [0.4, 0.5) is 4.79 Å². The van der Waals surface area contributed by atoms with E-state index in [2.05, 4.69) is 201 Å². The van der Waals surface area contributed by atoms with Gasteiger partial charge in [-0.05, 0) is 270 Å². The Hall–Kier alpha value is -6.74. The van der Waals surface area contributed by atoms with Gasteiger partial charge in [-0.2, -0.15) is 0 Å². The van der Waals surface area contributed by atoms with Crippen LogP contribution < -0.4 is 23.7 Å². The summed E-state index contributed by atoms with van der Waals surface area (Å²) in [6.07, 6.45) is 13.3. The summed E-state index contributed by atoms with van der Waals surface area (Å²) in [4.78, 5) is 23.8. The Morgan fingerprint density at radius 3 is 1.06 bits per heavy atom. The van der Waals surface area contributed by atoms with Gasteiger partial charge in [-0.1, -0.05) is 181 Å². The van der Waals surface area contributed by atoms with Gasteiger partial charge in [0, 0.05) is 0 Å². The van der Waals surface area contributed by atoms with Gasteiger partial charge in [-0.3, -0.25) is 0 Å². The molecule has 514 valence electrons. The molecule has 7 unspecified atom stereocenters. The molecule has 7 rings (SSSR count). The number of carbonyl (C=O) groups excluding carboxylic acids is 2. The molecule has 0 radical (unpaired) electrons. The van der Waals surface area contributed by atoms with Gasteiger partial charge >= 0.3 is 12.1 Å². The van der Waals surface area contributed by atoms with Crippen molar-refractivity contribution in [1.29, 1.82) is 0 Å². The standard InChI is InChI=1S/C19H30O3.C18H22O.C18H28O.C15H22O3.C14H22O/c1-8-14(3)15-10-12-16(13-11-15)21-19(7,9-2)17(20)22-18(4,5)6;1-4-14(2)16-10-12-18(13-11-16)19-15(3)17-8-6-5-7-9-17;1-4-15(3)16-9-11-17(12-10-16)19-18(5-2)13-7-6-8-14-18;1-6-11(2)12-7-9-13(10-8-12)17-14(16)18-15(3,4)5;1-6-11(2)12-7-9-13(10-8-12)15-14(3,4)5/h10-14H,8-9H2,1-7H3;5-15H,4H2,1-3H3;9-12,15H,4-8,13-14H2,1-3H3;7-11H,6H2,1-5H3;7-11H,6H2,1-5H3. The third-order valence-electron chi connectivity index (χ3n) is 17.5. The van der Waals surface area contributed by atoms with Gasteiger partial charge < -0.3 is 33.2 Å². The fourth-order valence-electron chi connectivity index (χ4n) is 10.1. The SMILES string of the molecule is CCC(C)c1ccc(OC(=O)OC(C)(C)C)cc1.CCC(C)c1ccc(OC(C)(C)C)cc1.CCC(C)c1ccc(OC(C)(CC)C(=O)OC(C)(C)C)cc1.CCC(C)c1ccc(OC(C)c2ccccc2)cc1.CCC(C)c1ccc(OC2(CC)CCCCC2)cc1. The predicted molar refractivity (Wildman–Crippen MR) is 390 cm³/mol. The molecule has 9 nitrogen and oxygen atoms in total.